The topological polar surface area (TPSA) is 109 Å². The minimum Gasteiger partial charge on any atom is -0.491 e. The first-order chi connectivity index (χ1) is 14.2. The van der Waals surface area contributed by atoms with Gasteiger partial charge in [-0.2, -0.15) is 4.31 Å². The van der Waals surface area contributed by atoms with Gasteiger partial charge in [0.2, 0.25) is 10.0 Å². The first kappa shape index (κ1) is 21.8. The summed E-state index contributed by atoms with van der Waals surface area (Å²) in [7, 11) is -3.66. The second-order valence-electron chi connectivity index (χ2n) is 7.25. The van der Waals surface area contributed by atoms with E-state index in [1.807, 2.05) is 13.8 Å². The fraction of sp³-hybridized carbons (Fsp3) is 0.400. The van der Waals surface area contributed by atoms with Crippen LogP contribution in [-0.2, 0) is 21.4 Å². The molecule has 2 aromatic rings. The summed E-state index contributed by atoms with van der Waals surface area (Å²) in [5.41, 5.74) is -0.0390. The van der Waals surface area contributed by atoms with Gasteiger partial charge in [0.15, 0.2) is 0 Å². The number of rotatable bonds is 7. The zero-order valence-electron chi connectivity index (χ0n) is 16.9. The number of piperazine rings is 1. The number of carbonyl (C=O) groups is 1. The molecule has 1 saturated heterocycles. The summed E-state index contributed by atoms with van der Waals surface area (Å²) < 4.78 is 34.0. The third-order valence-electron chi connectivity index (χ3n) is 4.72. The number of aliphatic carboxylic acids is 1. The highest BCUT2D eigenvalue weighted by molar-refractivity contribution is 7.89. The van der Waals surface area contributed by atoms with Crippen molar-refractivity contribution in [3.8, 4) is 5.75 Å². The Labute approximate surface area is 175 Å². The lowest BCUT2D eigenvalue weighted by Crippen LogP contribution is -2.50. The van der Waals surface area contributed by atoms with Crippen LogP contribution in [0.25, 0.3) is 0 Å². The number of aromatic nitrogens is 1. The van der Waals surface area contributed by atoms with Gasteiger partial charge < -0.3 is 19.3 Å². The molecule has 0 bridgehead atoms. The van der Waals surface area contributed by atoms with E-state index in [1.165, 1.54) is 22.6 Å². The van der Waals surface area contributed by atoms with Crippen LogP contribution in [0.5, 0.6) is 5.75 Å². The molecule has 1 aromatic carbocycles. The van der Waals surface area contributed by atoms with Gasteiger partial charge in [-0.25, -0.2) is 8.42 Å². The number of hydrogen-bond acceptors (Lipinski definition) is 6. The molecule has 0 aliphatic carbocycles. The molecule has 9 nitrogen and oxygen atoms in total. The summed E-state index contributed by atoms with van der Waals surface area (Å²) in [6, 6.07) is 9.57. The highest BCUT2D eigenvalue weighted by Crippen LogP contribution is 2.22. The number of benzene rings is 1. The number of ether oxygens (including phenoxy) is 1. The molecular weight excluding hydrogens is 410 g/mol. The van der Waals surface area contributed by atoms with Crippen LogP contribution >= 0.6 is 0 Å². The van der Waals surface area contributed by atoms with E-state index in [2.05, 4.69) is 0 Å². The third kappa shape index (κ3) is 4.82. The summed E-state index contributed by atoms with van der Waals surface area (Å²) in [5.74, 6) is -0.495. The van der Waals surface area contributed by atoms with Gasteiger partial charge in [-0.1, -0.05) is 0 Å². The van der Waals surface area contributed by atoms with Crippen LogP contribution in [0.15, 0.2) is 52.3 Å². The Bertz CT molecular complexity index is 1050. The van der Waals surface area contributed by atoms with Crippen molar-refractivity contribution in [3.05, 3.63) is 52.9 Å². The third-order valence-corrected chi connectivity index (χ3v) is 6.63. The molecule has 0 atom stereocenters. The summed E-state index contributed by atoms with van der Waals surface area (Å²) in [6.07, 6.45) is 1.42. The molecule has 1 aromatic heterocycles. The Morgan fingerprint density at radius 2 is 1.73 bits per heavy atom. The van der Waals surface area contributed by atoms with Crippen molar-refractivity contribution in [2.45, 2.75) is 31.4 Å². The fourth-order valence-electron chi connectivity index (χ4n) is 3.32. The SMILES string of the molecule is CC(C)Oc1ccc(S(=O)(=O)N2CCN(c3cccn(CC(=O)O)c3=O)CC2)cc1. The van der Waals surface area contributed by atoms with E-state index >= 15 is 0 Å². The number of anilines is 1. The van der Waals surface area contributed by atoms with Crippen LogP contribution in [0.3, 0.4) is 0 Å². The summed E-state index contributed by atoms with van der Waals surface area (Å²) in [5, 5.41) is 8.93. The normalized spacial score (nSPS) is 15.4. The first-order valence-corrected chi connectivity index (χ1v) is 11.1. The van der Waals surface area contributed by atoms with Gasteiger partial charge in [0.25, 0.3) is 5.56 Å². The van der Waals surface area contributed by atoms with E-state index in [-0.39, 0.29) is 24.1 Å². The molecule has 0 unspecified atom stereocenters. The molecule has 1 fully saturated rings. The molecule has 1 aliphatic heterocycles. The van der Waals surface area contributed by atoms with Gasteiger partial charge in [-0.3, -0.25) is 9.59 Å². The lowest BCUT2D eigenvalue weighted by molar-refractivity contribution is -0.137. The standard InChI is InChI=1S/C20H25N3O6S/c1-15(2)29-16-5-7-17(8-6-16)30(27,28)23-12-10-21(11-13-23)18-4-3-9-22(20(18)26)14-19(24)25/h3-9,15H,10-14H2,1-2H3,(H,24,25). The van der Waals surface area contributed by atoms with Crippen LogP contribution in [0.2, 0.25) is 0 Å². The van der Waals surface area contributed by atoms with E-state index < -0.39 is 28.1 Å². The minimum absolute atomic E-state index is 0.00129. The van der Waals surface area contributed by atoms with E-state index in [0.29, 0.717) is 24.5 Å². The molecule has 0 radical (unpaired) electrons. The maximum Gasteiger partial charge on any atom is 0.323 e. The summed E-state index contributed by atoms with van der Waals surface area (Å²) in [4.78, 5) is 25.4. The molecule has 10 heteroatoms. The monoisotopic (exact) mass is 435 g/mol. The molecule has 0 spiro atoms. The molecule has 1 aliphatic rings. The predicted molar refractivity (Wildman–Crippen MR) is 112 cm³/mol. The molecular formula is C20H25N3O6S. The Morgan fingerprint density at radius 1 is 1.10 bits per heavy atom. The van der Waals surface area contributed by atoms with E-state index in [0.717, 1.165) is 4.57 Å². The van der Waals surface area contributed by atoms with Crippen molar-refractivity contribution in [2.24, 2.45) is 0 Å². The van der Waals surface area contributed by atoms with Crippen molar-refractivity contribution < 1.29 is 23.1 Å². The van der Waals surface area contributed by atoms with Crippen LogP contribution < -0.4 is 15.2 Å². The largest absolute Gasteiger partial charge is 0.491 e. The Morgan fingerprint density at radius 3 is 2.30 bits per heavy atom. The van der Waals surface area contributed by atoms with Crippen LogP contribution in [-0.4, -0.2) is 60.6 Å². The predicted octanol–water partition coefficient (Wildman–Crippen LogP) is 1.23. The van der Waals surface area contributed by atoms with Crippen LogP contribution in [0, 0.1) is 0 Å². The average molecular weight is 436 g/mol. The molecule has 3 rings (SSSR count). The van der Waals surface area contributed by atoms with Crippen molar-refractivity contribution in [1.29, 1.82) is 0 Å². The number of nitrogens with zero attached hydrogens (tertiary/aromatic N) is 3. The number of sulfonamides is 1. The Balaban J connectivity index is 1.71. The zero-order chi connectivity index (χ0) is 21.9. The molecule has 0 amide bonds. The summed E-state index contributed by atoms with van der Waals surface area (Å²) >= 11 is 0. The van der Waals surface area contributed by atoms with E-state index in [4.69, 9.17) is 9.84 Å². The van der Waals surface area contributed by atoms with Crippen molar-refractivity contribution in [1.82, 2.24) is 8.87 Å². The zero-order valence-corrected chi connectivity index (χ0v) is 17.7. The summed E-state index contributed by atoms with van der Waals surface area (Å²) in [6.45, 7) is 4.48. The van der Waals surface area contributed by atoms with Gasteiger partial charge in [0.05, 0.1) is 11.0 Å². The van der Waals surface area contributed by atoms with Crippen molar-refractivity contribution >= 4 is 21.7 Å². The maximum absolute atomic E-state index is 12.9. The second-order valence-corrected chi connectivity index (χ2v) is 9.19. The number of hydrogen-bond donors (Lipinski definition) is 1. The highest BCUT2D eigenvalue weighted by Gasteiger charge is 2.29. The number of carboxylic acid groups (broad SMARTS) is 1. The van der Waals surface area contributed by atoms with E-state index in [1.54, 1.807) is 29.2 Å². The average Bonchev–Trinajstić information content (AvgIpc) is 2.69. The lowest BCUT2D eigenvalue weighted by atomic mass is 10.3. The minimum atomic E-state index is -3.66. The van der Waals surface area contributed by atoms with Crippen LogP contribution in [0.1, 0.15) is 13.8 Å². The van der Waals surface area contributed by atoms with Crippen molar-refractivity contribution in [2.75, 3.05) is 31.1 Å². The molecule has 162 valence electrons. The van der Waals surface area contributed by atoms with Gasteiger partial charge in [-0.05, 0) is 50.2 Å². The second kappa shape index (κ2) is 8.88. The van der Waals surface area contributed by atoms with Gasteiger partial charge in [-0.15, -0.1) is 0 Å². The number of carboxylic acids is 1. The number of pyridine rings is 1. The quantitative estimate of drug-likeness (QED) is 0.697. The Kier molecular flexibility index (Phi) is 6.47. The molecule has 30 heavy (non-hydrogen) atoms. The maximum atomic E-state index is 12.9. The van der Waals surface area contributed by atoms with Gasteiger partial charge in [0, 0.05) is 32.4 Å². The lowest BCUT2D eigenvalue weighted by Gasteiger charge is -2.35. The van der Waals surface area contributed by atoms with Crippen molar-refractivity contribution in [3.63, 3.8) is 0 Å². The van der Waals surface area contributed by atoms with Gasteiger partial charge in [0.1, 0.15) is 18.0 Å². The highest BCUT2D eigenvalue weighted by atomic mass is 32.2. The van der Waals surface area contributed by atoms with Gasteiger partial charge >= 0.3 is 5.97 Å². The first-order valence-electron chi connectivity index (χ1n) is 9.61. The fourth-order valence-corrected chi connectivity index (χ4v) is 4.74. The smallest absolute Gasteiger partial charge is 0.323 e. The molecule has 2 heterocycles. The molecule has 1 N–H and O–H groups in total. The van der Waals surface area contributed by atoms with Crippen LogP contribution in [0.4, 0.5) is 5.69 Å². The Hall–Kier alpha value is -2.85. The van der Waals surface area contributed by atoms with E-state index in [9.17, 15) is 18.0 Å². The molecule has 0 saturated carbocycles.